The van der Waals surface area contributed by atoms with Crippen LogP contribution in [-0.2, 0) is 14.3 Å². The number of imide groups is 1. The average Bonchev–Trinajstić information content (AvgIpc) is 2.58. The van der Waals surface area contributed by atoms with Crippen LogP contribution < -0.4 is 0 Å². The van der Waals surface area contributed by atoms with Gasteiger partial charge in [0, 0.05) is 25.3 Å². The summed E-state index contributed by atoms with van der Waals surface area (Å²) in [6.07, 6.45) is 6.99. The van der Waals surface area contributed by atoms with Crippen molar-refractivity contribution in [1.29, 1.82) is 0 Å². The Bertz CT molecular complexity index is 274. The van der Waals surface area contributed by atoms with Gasteiger partial charge < -0.3 is 4.74 Å². The molecule has 0 saturated carbocycles. The molecule has 2 amide bonds. The van der Waals surface area contributed by atoms with Crippen molar-refractivity contribution >= 4 is 11.8 Å². The van der Waals surface area contributed by atoms with Crippen molar-refractivity contribution in [2.45, 2.75) is 31.8 Å². The van der Waals surface area contributed by atoms with Crippen LogP contribution in [0.3, 0.4) is 0 Å². The van der Waals surface area contributed by atoms with Crippen molar-refractivity contribution in [3.8, 4) is 0 Å². The van der Waals surface area contributed by atoms with Gasteiger partial charge in [-0.2, -0.15) is 0 Å². The molecule has 0 aromatic heterocycles. The Kier molecular flexibility index (Phi) is 3.16. The Morgan fingerprint density at radius 3 is 2.60 bits per heavy atom. The number of nitrogens with zero attached hydrogens (tertiary/aromatic N) is 1. The minimum Gasteiger partial charge on any atom is -0.378 e. The standard InChI is InChI=1S/C11H15NO3/c13-10-4-5-11(14)12(10)7-6-9-3-1-2-8-15-9/h4-5,9H,1-3,6-8H2. The highest BCUT2D eigenvalue weighted by molar-refractivity contribution is 6.12. The lowest BCUT2D eigenvalue weighted by Gasteiger charge is -2.24. The third-order valence-electron chi connectivity index (χ3n) is 2.85. The van der Waals surface area contributed by atoms with E-state index in [4.69, 9.17) is 4.74 Å². The lowest BCUT2D eigenvalue weighted by Crippen LogP contribution is -2.34. The monoisotopic (exact) mass is 209 g/mol. The van der Waals surface area contributed by atoms with Crippen molar-refractivity contribution in [3.63, 3.8) is 0 Å². The maximum atomic E-state index is 11.2. The van der Waals surface area contributed by atoms with E-state index in [-0.39, 0.29) is 17.9 Å². The Morgan fingerprint density at radius 2 is 2.00 bits per heavy atom. The van der Waals surface area contributed by atoms with Gasteiger partial charge >= 0.3 is 0 Å². The molecule has 0 bridgehead atoms. The highest BCUT2D eigenvalue weighted by atomic mass is 16.5. The highest BCUT2D eigenvalue weighted by Gasteiger charge is 2.24. The van der Waals surface area contributed by atoms with E-state index in [0.29, 0.717) is 6.54 Å². The van der Waals surface area contributed by atoms with Crippen LogP contribution in [0.5, 0.6) is 0 Å². The lowest BCUT2D eigenvalue weighted by atomic mass is 10.1. The predicted octanol–water partition coefficient (Wildman–Crippen LogP) is 0.871. The van der Waals surface area contributed by atoms with Gasteiger partial charge in [0.15, 0.2) is 0 Å². The molecule has 2 heterocycles. The maximum absolute atomic E-state index is 11.2. The number of hydrogen-bond acceptors (Lipinski definition) is 3. The smallest absolute Gasteiger partial charge is 0.253 e. The van der Waals surface area contributed by atoms with Gasteiger partial charge in [0.25, 0.3) is 11.8 Å². The Balaban J connectivity index is 1.77. The normalized spacial score (nSPS) is 26.4. The van der Waals surface area contributed by atoms with Crippen LogP contribution in [0.1, 0.15) is 25.7 Å². The molecule has 1 unspecified atom stereocenters. The summed E-state index contributed by atoms with van der Waals surface area (Å²) in [5, 5.41) is 0. The van der Waals surface area contributed by atoms with E-state index < -0.39 is 0 Å². The SMILES string of the molecule is O=C1C=CC(=O)N1CCC1CCCCO1. The van der Waals surface area contributed by atoms with Gasteiger partial charge in [-0.15, -0.1) is 0 Å². The molecule has 2 aliphatic rings. The van der Waals surface area contributed by atoms with Gasteiger partial charge in [-0.1, -0.05) is 0 Å². The summed E-state index contributed by atoms with van der Waals surface area (Å²) >= 11 is 0. The molecule has 0 aromatic rings. The average molecular weight is 209 g/mol. The molecule has 0 aromatic carbocycles. The molecule has 4 nitrogen and oxygen atoms in total. The van der Waals surface area contributed by atoms with Crippen LogP contribution >= 0.6 is 0 Å². The lowest BCUT2D eigenvalue weighted by molar-refractivity contribution is -0.137. The second-order valence-electron chi connectivity index (χ2n) is 3.94. The summed E-state index contributed by atoms with van der Waals surface area (Å²) in [6, 6.07) is 0. The molecule has 2 rings (SSSR count). The second-order valence-corrected chi connectivity index (χ2v) is 3.94. The quantitative estimate of drug-likeness (QED) is 0.648. The van der Waals surface area contributed by atoms with E-state index in [2.05, 4.69) is 0 Å². The minimum absolute atomic E-state index is 0.198. The van der Waals surface area contributed by atoms with Crippen molar-refractivity contribution in [2.75, 3.05) is 13.2 Å². The van der Waals surface area contributed by atoms with Crippen LogP contribution in [-0.4, -0.2) is 36.0 Å². The van der Waals surface area contributed by atoms with E-state index in [9.17, 15) is 9.59 Å². The molecule has 1 fully saturated rings. The fourth-order valence-corrected chi connectivity index (χ4v) is 1.96. The summed E-state index contributed by atoms with van der Waals surface area (Å²) in [4.78, 5) is 23.7. The van der Waals surface area contributed by atoms with E-state index >= 15 is 0 Å². The van der Waals surface area contributed by atoms with Gasteiger partial charge in [-0.3, -0.25) is 14.5 Å². The topological polar surface area (TPSA) is 46.6 Å². The third kappa shape index (κ3) is 2.45. The number of rotatable bonds is 3. The first kappa shape index (κ1) is 10.4. The van der Waals surface area contributed by atoms with Gasteiger partial charge in [-0.25, -0.2) is 0 Å². The zero-order valence-corrected chi connectivity index (χ0v) is 8.65. The van der Waals surface area contributed by atoms with Crippen molar-refractivity contribution < 1.29 is 14.3 Å². The minimum atomic E-state index is -0.198. The van der Waals surface area contributed by atoms with E-state index in [1.54, 1.807) is 0 Å². The fraction of sp³-hybridized carbons (Fsp3) is 0.636. The molecule has 1 atom stereocenters. The summed E-state index contributed by atoms with van der Waals surface area (Å²) in [5.74, 6) is -0.397. The molecule has 82 valence electrons. The second kappa shape index (κ2) is 4.57. The molecule has 0 radical (unpaired) electrons. The molecular weight excluding hydrogens is 194 g/mol. The van der Waals surface area contributed by atoms with Crippen LogP contribution in [0.25, 0.3) is 0 Å². The number of carbonyl (C=O) groups is 2. The van der Waals surface area contributed by atoms with Gasteiger partial charge in [-0.05, 0) is 25.7 Å². The first-order valence-electron chi connectivity index (χ1n) is 5.42. The first-order chi connectivity index (χ1) is 7.27. The van der Waals surface area contributed by atoms with E-state index in [1.165, 1.54) is 23.5 Å². The van der Waals surface area contributed by atoms with Crippen LogP contribution in [0.4, 0.5) is 0 Å². The zero-order valence-electron chi connectivity index (χ0n) is 8.65. The summed E-state index contributed by atoms with van der Waals surface area (Å²) in [6.45, 7) is 1.29. The Morgan fingerprint density at radius 1 is 1.27 bits per heavy atom. The Labute approximate surface area is 88.9 Å². The Hall–Kier alpha value is -1.16. The van der Waals surface area contributed by atoms with Crippen molar-refractivity contribution in [1.82, 2.24) is 4.90 Å². The van der Waals surface area contributed by atoms with Crippen LogP contribution in [0.15, 0.2) is 12.2 Å². The molecule has 0 N–H and O–H groups in total. The largest absolute Gasteiger partial charge is 0.378 e. The molecule has 15 heavy (non-hydrogen) atoms. The molecule has 0 aliphatic carbocycles. The highest BCUT2D eigenvalue weighted by Crippen LogP contribution is 2.16. The summed E-state index contributed by atoms with van der Waals surface area (Å²) in [5.41, 5.74) is 0. The summed E-state index contributed by atoms with van der Waals surface area (Å²) < 4.78 is 5.54. The number of ether oxygens (including phenoxy) is 1. The maximum Gasteiger partial charge on any atom is 0.253 e. The molecule has 0 spiro atoms. The third-order valence-corrected chi connectivity index (χ3v) is 2.85. The first-order valence-corrected chi connectivity index (χ1v) is 5.42. The van der Waals surface area contributed by atoms with E-state index in [1.807, 2.05) is 0 Å². The molecule has 2 aliphatic heterocycles. The molecule has 4 heteroatoms. The van der Waals surface area contributed by atoms with Crippen LogP contribution in [0.2, 0.25) is 0 Å². The van der Waals surface area contributed by atoms with Crippen molar-refractivity contribution in [3.05, 3.63) is 12.2 Å². The molecule has 1 saturated heterocycles. The number of amides is 2. The van der Waals surface area contributed by atoms with Gasteiger partial charge in [0.2, 0.25) is 0 Å². The van der Waals surface area contributed by atoms with Gasteiger partial charge in [0.05, 0.1) is 6.10 Å². The van der Waals surface area contributed by atoms with Gasteiger partial charge in [0.1, 0.15) is 0 Å². The van der Waals surface area contributed by atoms with E-state index in [0.717, 1.165) is 25.9 Å². The number of hydrogen-bond donors (Lipinski definition) is 0. The summed E-state index contributed by atoms with van der Waals surface area (Å²) in [7, 11) is 0. The molecular formula is C11H15NO3. The van der Waals surface area contributed by atoms with Crippen molar-refractivity contribution in [2.24, 2.45) is 0 Å². The fourth-order valence-electron chi connectivity index (χ4n) is 1.96. The van der Waals surface area contributed by atoms with Crippen LogP contribution in [0, 0.1) is 0 Å². The number of carbonyl (C=O) groups excluding carboxylic acids is 2. The predicted molar refractivity (Wildman–Crippen MR) is 54.1 cm³/mol. The zero-order chi connectivity index (χ0) is 10.7.